The number of nitrogens with zero attached hydrogens (tertiary/aromatic N) is 2. The van der Waals surface area contributed by atoms with Crippen molar-refractivity contribution in [2.24, 2.45) is 5.41 Å². The highest BCUT2D eigenvalue weighted by Gasteiger charge is 2.24. The Bertz CT molecular complexity index is 878. The van der Waals surface area contributed by atoms with Crippen LogP contribution in [-0.4, -0.2) is 30.9 Å². The summed E-state index contributed by atoms with van der Waals surface area (Å²) in [6, 6.07) is 11.3. The molecule has 0 atom stereocenters. The third-order valence-corrected chi connectivity index (χ3v) is 4.05. The lowest BCUT2D eigenvalue weighted by Gasteiger charge is -2.19. The standard InChI is InChI=1S/C22H28N4O2/c1-15-11-12-23-19(13-15)25-20(27)18(24-21(28)22(2,3)4)14-16-7-9-17(10-8-16)26(5)6/h7-14H,1-6H3,(H,24,28)(H,23,25,27)/b18-14+. The number of benzene rings is 1. The number of pyridine rings is 1. The minimum atomic E-state index is -0.629. The Morgan fingerprint density at radius 2 is 1.71 bits per heavy atom. The van der Waals surface area contributed by atoms with Crippen LogP contribution in [-0.2, 0) is 9.59 Å². The van der Waals surface area contributed by atoms with Crippen LogP contribution in [0.5, 0.6) is 0 Å². The monoisotopic (exact) mass is 380 g/mol. The summed E-state index contributed by atoms with van der Waals surface area (Å²) in [5.41, 5.74) is 2.37. The Kier molecular flexibility index (Phi) is 6.57. The third-order valence-electron chi connectivity index (χ3n) is 4.05. The van der Waals surface area contributed by atoms with E-state index in [4.69, 9.17) is 0 Å². The lowest BCUT2D eigenvalue weighted by atomic mass is 9.95. The normalized spacial score (nSPS) is 11.7. The van der Waals surface area contributed by atoms with Gasteiger partial charge in [-0.1, -0.05) is 32.9 Å². The number of aryl methyl sites for hydroxylation is 1. The number of aromatic nitrogens is 1. The SMILES string of the molecule is Cc1ccnc(NC(=O)/C(=C\c2ccc(N(C)C)cc2)NC(=O)C(C)(C)C)c1. The second-order valence-electron chi connectivity index (χ2n) is 7.92. The molecule has 0 saturated heterocycles. The number of carbonyl (C=O) groups excluding carboxylic acids is 2. The summed E-state index contributed by atoms with van der Waals surface area (Å²) >= 11 is 0. The molecule has 2 rings (SSSR count). The van der Waals surface area contributed by atoms with Gasteiger partial charge in [0.15, 0.2) is 0 Å². The van der Waals surface area contributed by atoms with Gasteiger partial charge in [0.1, 0.15) is 11.5 Å². The summed E-state index contributed by atoms with van der Waals surface area (Å²) in [5.74, 6) is -0.229. The minimum absolute atomic E-state index is 0.167. The Morgan fingerprint density at radius 1 is 1.07 bits per heavy atom. The first-order valence-electron chi connectivity index (χ1n) is 9.11. The van der Waals surface area contributed by atoms with Gasteiger partial charge in [-0.2, -0.15) is 0 Å². The molecule has 1 aromatic heterocycles. The van der Waals surface area contributed by atoms with Gasteiger partial charge in [0.2, 0.25) is 5.91 Å². The first-order valence-corrected chi connectivity index (χ1v) is 9.11. The molecule has 6 nitrogen and oxygen atoms in total. The van der Waals surface area contributed by atoms with E-state index in [0.717, 1.165) is 16.8 Å². The van der Waals surface area contributed by atoms with Crippen LogP contribution >= 0.6 is 0 Å². The predicted molar refractivity (Wildman–Crippen MR) is 114 cm³/mol. The molecule has 28 heavy (non-hydrogen) atoms. The van der Waals surface area contributed by atoms with Gasteiger partial charge in [0.25, 0.3) is 5.91 Å². The maximum atomic E-state index is 12.8. The molecule has 0 bridgehead atoms. The molecule has 2 N–H and O–H groups in total. The van der Waals surface area contributed by atoms with Crippen molar-refractivity contribution in [3.8, 4) is 0 Å². The Labute approximate surface area is 166 Å². The number of hydrogen-bond acceptors (Lipinski definition) is 4. The second kappa shape index (κ2) is 8.69. The Balaban J connectivity index is 2.32. The van der Waals surface area contributed by atoms with Gasteiger partial charge in [0, 0.05) is 31.4 Å². The van der Waals surface area contributed by atoms with Crippen molar-refractivity contribution in [3.05, 3.63) is 59.4 Å². The molecule has 0 aliphatic rings. The predicted octanol–water partition coefficient (Wildman–Crippen LogP) is 3.60. The molecule has 148 valence electrons. The second-order valence-corrected chi connectivity index (χ2v) is 7.92. The highest BCUT2D eigenvalue weighted by atomic mass is 16.2. The first kappa shape index (κ1) is 21.2. The van der Waals surface area contributed by atoms with Crippen LogP contribution in [0.15, 0.2) is 48.3 Å². The summed E-state index contributed by atoms with van der Waals surface area (Å²) in [7, 11) is 3.92. The van der Waals surface area contributed by atoms with Crippen molar-refractivity contribution in [1.29, 1.82) is 0 Å². The van der Waals surface area contributed by atoms with E-state index in [2.05, 4.69) is 15.6 Å². The number of amides is 2. The molecule has 0 aliphatic heterocycles. The van der Waals surface area contributed by atoms with Crippen LogP contribution in [0.1, 0.15) is 31.9 Å². The van der Waals surface area contributed by atoms with Gasteiger partial charge in [-0.05, 0) is 48.4 Å². The van der Waals surface area contributed by atoms with Gasteiger partial charge >= 0.3 is 0 Å². The molecule has 0 fully saturated rings. The molecule has 2 amide bonds. The zero-order valence-corrected chi connectivity index (χ0v) is 17.3. The van der Waals surface area contributed by atoms with Crippen LogP contribution in [0.25, 0.3) is 6.08 Å². The minimum Gasteiger partial charge on any atom is -0.378 e. The van der Waals surface area contributed by atoms with Gasteiger partial charge in [-0.15, -0.1) is 0 Å². The van der Waals surface area contributed by atoms with E-state index in [1.807, 2.05) is 56.3 Å². The Hall–Kier alpha value is -3.15. The van der Waals surface area contributed by atoms with Crippen LogP contribution in [0, 0.1) is 12.3 Å². The number of carbonyl (C=O) groups is 2. The van der Waals surface area contributed by atoms with Crippen molar-refractivity contribution in [2.75, 3.05) is 24.3 Å². The average molecular weight is 380 g/mol. The van der Waals surface area contributed by atoms with Crippen molar-refractivity contribution < 1.29 is 9.59 Å². The summed E-state index contributed by atoms with van der Waals surface area (Å²) in [6.45, 7) is 7.31. The molecule has 0 unspecified atom stereocenters. The van der Waals surface area contributed by atoms with Crippen LogP contribution in [0.3, 0.4) is 0 Å². The van der Waals surface area contributed by atoms with E-state index in [0.29, 0.717) is 5.82 Å². The fraction of sp³-hybridized carbons (Fsp3) is 0.318. The highest BCUT2D eigenvalue weighted by molar-refractivity contribution is 6.08. The van der Waals surface area contributed by atoms with Crippen molar-refractivity contribution in [1.82, 2.24) is 10.3 Å². The molecular weight excluding hydrogens is 352 g/mol. The topological polar surface area (TPSA) is 74.3 Å². The fourth-order valence-corrected chi connectivity index (χ4v) is 2.29. The zero-order valence-electron chi connectivity index (χ0n) is 17.3. The Morgan fingerprint density at radius 3 is 2.25 bits per heavy atom. The van der Waals surface area contributed by atoms with Gasteiger partial charge in [-0.25, -0.2) is 4.98 Å². The maximum Gasteiger partial charge on any atom is 0.273 e. The molecule has 0 saturated carbocycles. The number of rotatable bonds is 5. The van der Waals surface area contributed by atoms with Gasteiger partial charge < -0.3 is 15.5 Å². The summed E-state index contributed by atoms with van der Waals surface area (Å²) < 4.78 is 0. The lowest BCUT2D eigenvalue weighted by molar-refractivity contribution is -0.128. The van der Waals surface area contributed by atoms with Gasteiger partial charge in [0.05, 0.1) is 0 Å². The lowest BCUT2D eigenvalue weighted by Crippen LogP contribution is -2.38. The van der Waals surface area contributed by atoms with Crippen LogP contribution < -0.4 is 15.5 Å². The summed E-state index contributed by atoms with van der Waals surface area (Å²) in [4.78, 5) is 31.4. The van der Waals surface area contributed by atoms with E-state index < -0.39 is 11.3 Å². The number of nitrogens with one attached hydrogen (secondary N) is 2. The number of hydrogen-bond donors (Lipinski definition) is 2. The summed E-state index contributed by atoms with van der Waals surface area (Å²) in [6.07, 6.45) is 3.29. The molecule has 2 aromatic rings. The van der Waals surface area contributed by atoms with E-state index in [9.17, 15) is 9.59 Å². The van der Waals surface area contributed by atoms with Crippen molar-refractivity contribution >= 4 is 29.4 Å². The fourth-order valence-electron chi connectivity index (χ4n) is 2.29. The van der Waals surface area contributed by atoms with Crippen molar-refractivity contribution in [3.63, 3.8) is 0 Å². The van der Waals surface area contributed by atoms with E-state index in [1.54, 1.807) is 39.1 Å². The summed E-state index contributed by atoms with van der Waals surface area (Å²) in [5, 5.41) is 5.50. The van der Waals surface area contributed by atoms with Crippen molar-refractivity contribution in [2.45, 2.75) is 27.7 Å². The molecule has 0 radical (unpaired) electrons. The van der Waals surface area contributed by atoms with Crippen LogP contribution in [0.2, 0.25) is 0 Å². The average Bonchev–Trinajstić information content (AvgIpc) is 2.60. The van der Waals surface area contributed by atoms with Gasteiger partial charge in [-0.3, -0.25) is 9.59 Å². The molecule has 0 aliphatic carbocycles. The highest BCUT2D eigenvalue weighted by Crippen LogP contribution is 2.17. The van der Waals surface area contributed by atoms with Crippen LogP contribution in [0.4, 0.5) is 11.5 Å². The molecule has 6 heteroatoms. The largest absolute Gasteiger partial charge is 0.378 e. The van der Waals surface area contributed by atoms with E-state index in [-0.39, 0.29) is 11.6 Å². The van der Waals surface area contributed by atoms with E-state index in [1.165, 1.54) is 0 Å². The number of anilines is 2. The maximum absolute atomic E-state index is 12.8. The smallest absolute Gasteiger partial charge is 0.273 e. The van der Waals surface area contributed by atoms with E-state index >= 15 is 0 Å². The molecule has 1 heterocycles. The zero-order chi connectivity index (χ0) is 20.9. The molecule has 1 aromatic carbocycles. The molecule has 0 spiro atoms. The quantitative estimate of drug-likeness (QED) is 0.778. The third kappa shape index (κ3) is 5.94. The molecular formula is C22H28N4O2. The first-order chi connectivity index (χ1) is 13.1.